The minimum absolute atomic E-state index is 0.0924. The molecule has 1 aliphatic carbocycles. The lowest BCUT2D eigenvalue weighted by Crippen LogP contribution is -2.39. The van der Waals surface area contributed by atoms with Crippen LogP contribution in [0, 0.1) is 12.8 Å². The molecule has 1 aliphatic rings. The predicted octanol–water partition coefficient (Wildman–Crippen LogP) is 1.91. The summed E-state index contributed by atoms with van der Waals surface area (Å²) < 4.78 is 6.74. The molecule has 1 N–H and O–H groups in total. The molecule has 138 valence electrons. The van der Waals surface area contributed by atoms with Crippen LogP contribution in [0.5, 0.6) is 5.75 Å². The highest BCUT2D eigenvalue weighted by Gasteiger charge is 2.36. The number of carbonyl (C=O) groups excluding carboxylic acids is 1. The lowest BCUT2D eigenvalue weighted by molar-refractivity contribution is -0.141. The third-order valence-electron chi connectivity index (χ3n) is 4.55. The Morgan fingerprint density at radius 1 is 1.35 bits per heavy atom. The van der Waals surface area contributed by atoms with E-state index < -0.39 is 11.9 Å². The van der Waals surface area contributed by atoms with Gasteiger partial charge in [0.1, 0.15) is 5.75 Å². The minimum atomic E-state index is -0.915. The molecule has 1 aromatic carbocycles. The molecule has 26 heavy (non-hydrogen) atoms. The highest BCUT2D eigenvalue weighted by Crippen LogP contribution is 2.29. The van der Waals surface area contributed by atoms with Gasteiger partial charge in [0, 0.05) is 12.6 Å². The molecule has 0 aliphatic heterocycles. The molecule has 8 heteroatoms. The molecule has 1 heterocycles. The quantitative estimate of drug-likeness (QED) is 0.812. The van der Waals surface area contributed by atoms with E-state index in [1.54, 1.807) is 30.5 Å². The molecule has 1 amide bonds. The maximum Gasteiger partial charge on any atom is 0.308 e. The fraction of sp³-hybridized carbons (Fsp3) is 0.444. The fourth-order valence-corrected chi connectivity index (χ4v) is 2.79. The summed E-state index contributed by atoms with van der Waals surface area (Å²) in [5.74, 6) is -1.08. The summed E-state index contributed by atoms with van der Waals surface area (Å²) in [7, 11) is 1.59. The van der Waals surface area contributed by atoms with Crippen molar-refractivity contribution in [3.05, 3.63) is 35.7 Å². The van der Waals surface area contributed by atoms with Gasteiger partial charge in [0.25, 0.3) is 5.91 Å². The molecule has 1 aromatic heterocycles. The molecule has 1 fully saturated rings. The molecule has 0 bridgehead atoms. The number of aliphatic carboxylic acids is 1. The van der Waals surface area contributed by atoms with Gasteiger partial charge in [-0.05, 0) is 44.0 Å². The van der Waals surface area contributed by atoms with Crippen LogP contribution in [0.1, 0.15) is 35.9 Å². The lowest BCUT2D eigenvalue weighted by atomic mass is 10.1. The van der Waals surface area contributed by atoms with Crippen molar-refractivity contribution in [2.24, 2.45) is 5.92 Å². The Balaban J connectivity index is 1.85. The molecule has 1 unspecified atom stereocenters. The molecule has 2 aromatic rings. The number of benzene rings is 1. The van der Waals surface area contributed by atoms with E-state index in [2.05, 4.69) is 10.3 Å². The second kappa shape index (κ2) is 7.15. The van der Waals surface area contributed by atoms with E-state index >= 15 is 0 Å². The Morgan fingerprint density at radius 2 is 2.00 bits per heavy atom. The van der Waals surface area contributed by atoms with Gasteiger partial charge >= 0.3 is 5.97 Å². The number of carboxylic acid groups (broad SMARTS) is 1. The van der Waals surface area contributed by atoms with E-state index in [4.69, 9.17) is 9.84 Å². The first-order valence-corrected chi connectivity index (χ1v) is 8.53. The van der Waals surface area contributed by atoms with E-state index in [-0.39, 0.29) is 24.2 Å². The van der Waals surface area contributed by atoms with Crippen LogP contribution < -0.4 is 4.74 Å². The van der Waals surface area contributed by atoms with Crippen LogP contribution in [0.2, 0.25) is 0 Å². The number of methoxy groups -OCH3 is 1. The summed E-state index contributed by atoms with van der Waals surface area (Å²) in [5, 5.41) is 17.3. The van der Waals surface area contributed by atoms with Crippen molar-refractivity contribution in [1.82, 2.24) is 19.9 Å². The SMILES string of the molecule is COc1ccc(-n2nnc(C(=O)N(CC(C)C(=O)O)C3CC3)c2C)cc1. The van der Waals surface area contributed by atoms with Crippen LogP contribution in [0.15, 0.2) is 24.3 Å². The maximum atomic E-state index is 12.9. The van der Waals surface area contributed by atoms with Crippen molar-refractivity contribution >= 4 is 11.9 Å². The van der Waals surface area contributed by atoms with E-state index in [1.165, 1.54) is 0 Å². The molecule has 0 saturated heterocycles. The first kappa shape index (κ1) is 17.9. The topological polar surface area (TPSA) is 97.5 Å². The second-order valence-corrected chi connectivity index (χ2v) is 6.56. The summed E-state index contributed by atoms with van der Waals surface area (Å²) in [6, 6.07) is 7.38. The first-order chi connectivity index (χ1) is 12.4. The smallest absolute Gasteiger partial charge is 0.308 e. The fourth-order valence-electron chi connectivity index (χ4n) is 2.79. The third-order valence-corrected chi connectivity index (χ3v) is 4.55. The molecule has 1 atom stereocenters. The molecule has 0 radical (unpaired) electrons. The number of ether oxygens (including phenoxy) is 1. The summed E-state index contributed by atoms with van der Waals surface area (Å²) >= 11 is 0. The van der Waals surface area contributed by atoms with E-state index in [0.717, 1.165) is 24.3 Å². The van der Waals surface area contributed by atoms with E-state index in [0.29, 0.717) is 5.69 Å². The Morgan fingerprint density at radius 3 is 2.54 bits per heavy atom. The van der Waals surface area contributed by atoms with Gasteiger partial charge in [0.05, 0.1) is 24.4 Å². The van der Waals surface area contributed by atoms with Crippen LogP contribution in [0.25, 0.3) is 5.69 Å². The largest absolute Gasteiger partial charge is 0.497 e. The van der Waals surface area contributed by atoms with Crippen molar-refractivity contribution in [2.75, 3.05) is 13.7 Å². The van der Waals surface area contributed by atoms with Gasteiger partial charge < -0.3 is 14.7 Å². The number of aromatic nitrogens is 3. The Bertz CT molecular complexity index is 811. The summed E-state index contributed by atoms with van der Waals surface area (Å²) in [6.07, 6.45) is 1.79. The van der Waals surface area contributed by atoms with Gasteiger partial charge in [-0.25, -0.2) is 4.68 Å². The average Bonchev–Trinajstić information content (AvgIpc) is 3.41. The van der Waals surface area contributed by atoms with Crippen molar-refractivity contribution in [1.29, 1.82) is 0 Å². The normalized spacial score (nSPS) is 14.7. The monoisotopic (exact) mass is 358 g/mol. The number of nitrogens with zero attached hydrogens (tertiary/aromatic N) is 4. The van der Waals surface area contributed by atoms with Gasteiger partial charge in [-0.2, -0.15) is 0 Å². The second-order valence-electron chi connectivity index (χ2n) is 6.56. The Kier molecular flexibility index (Phi) is 4.92. The van der Waals surface area contributed by atoms with E-state index in [1.807, 2.05) is 24.3 Å². The number of carbonyl (C=O) groups is 2. The lowest BCUT2D eigenvalue weighted by Gasteiger charge is -2.23. The molecular weight excluding hydrogens is 336 g/mol. The van der Waals surface area contributed by atoms with Gasteiger partial charge in [-0.15, -0.1) is 5.10 Å². The van der Waals surface area contributed by atoms with Crippen LogP contribution in [0.3, 0.4) is 0 Å². The van der Waals surface area contributed by atoms with Crippen LogP contribution in [0.4, 0.5) is 0 Å². The zero-order valence-electron chi connectivity index (χ0n) is 15.0. The van der Waals surface area contributed by atoms with Crippen molar-refractivity contribution < 1.29 is 19.4 Å². The molecule has 1 saturated carbocycles. The highest BCUT2D eigenvalue weighted by molar-refractivity contribution is 5.94. The standard InChI is InChI=1S/C18H22N4O4/c1-11(18(24)25)10-21(13-4-5-13)17(23)16-12(2)22(20-19-16)14-6-8-15(26-3)9-7-14/h6-9,11,13H,4-5,10H2,1-3H3,(H,24,25). The molecule has 0 spiro atoms. The summed E-state index contributed by atoms with van der Waals surface area (Å²) in [4.78, 5) is 25.7. The number of hydrogen-bond donors (Lipinski definition) is 1. The average molecular weight is 358 g/mol. The van der Waals surface area contributed by atoms with Crippen LogP contribution in [-0.4, -0.2) is 56.6 Å². The van der Waals surface area contributed by atoms with Gasteiger partial charge in [-0.1, -0.05) is 12.1 Å². The van der Waals surface area contributed by atoms with E-state index in [9.17, 15) is 9.59 Å². The first-order valence-electron chi connectivity index (χ1n) is 8.53. The van der Waals surface area contributed by atoms with Gasteiger partial charge in [0.2, 0.25) is 0 Å². The Labute approximate surface area is 151 Å². The van der Waals surface area contributed by atoms with Crippen LogP contribution >= 0.6 is 0 Å². The minimum Gasteiger partial charge on any atom is -0.497 e. The highest BCUT2D eigenvalue weighted by atomic mass is 16.5. The van der Waals surface area contributed by atoms with Crippen molar-refractivity contribution in [3.63, 3.8) is 0 Å². The number of hydrogen-bond acceptors (Lipinski definition) is 5. The zero-order chi connectivity index (χ0) is 18.8. The predicted molar refractivity (Wildman–Crippen MR) is 93.5 cm³/mol. The molecule has 3 rings (SSSR count). The molecular formula is C18H22N4O4. The number of carboxylic acids is 1. The van der Waals surface area contributed by atoms with Crippen molar-refractivity contribution in [2.45, 2.75) is 32.7 Å². The Hall–Kier alpha value is -2.90. The number of rotatable bonds is 7. The molecule has 8 nitrogen and oxygen atoms in total. The zero-order valence-corrected chi connectivity index (χ0v) is 15.0. The van der Waals surface area contributed by atoms with Crippen LogP contribution in [-0.2, 0) is 4.79 Å². The maximum absolute atomic E-state index is 12.9. The summed E-state index contributed by atoms with van der Waals surface area (Å²) in [6.45, 7) is 3.56. The van der Waals surface area contributed by atoms with Crippen molar-refractivity contribution in [3.8, 4) is 11.4 Å². The summed E-state index contributed by atoms with van der Waals surface area (Å²) in [5.41, 5.74) is 1.64. The number of amides is 1. The van der Waals surface area contributed by atoms with Gasteiger partial charge in [0.15, 0.2) is 5.69 Å². The third kappa shape index (κ3) is 3.54. The van der Waals surface area contributed by atoms with Gasteiger partial charge in [-0.3, -0.25) is 9.59 Å².